The van der Waals surface area contributed by atoms with E-state index in [0.717, 1.165) is 5.56 Å². The van der Waals surface area contributed by atoms with E-state index in [2.05, 4.69) is 41.5 Å². The lowest BCUT2D eigenvalue weighted by Gasteiger charge is -2.43. The van der Waals surface area contributed by atoms with Crippen molar-refractivity contribution in [1.82, 2.24) is 0 Å². The molecular formula is C23H40FNO. The zero-order valence-electron chi connectivity index (χ0n) is 17.8. The van der Waals surface area contributed by atoms with Crippen molar-refractivity contribution >= 4 is 5.69 Å². The number of nitrogens with two attached hydrogens (primary N) is 1. The molecule has 0 heterocycles. The molecule has 150 valence electrons. The normalized spacial score (nSPS) is 13.8. The van der Waals surface area contributed by atoms with Gasteiger partial charge in [-0.1, -0.05) is 72.3 Å². The van der Waals surface area contributed by atoms with Crippen LogP contribution < -0.4 is 5.73 Å². The molecule has 1 aromatic rings. The number of benzene rings is 1. The average molecular weight is 366 g/mol. The first-order chi connectivity index (χ1) is 12.1. The molecule has 1 rings (SSSR count). The highest BCUT2D eigenvalue weighted by molar-refractivity contribution is 5.41. The molecule has 0 saturated carbocycles. The largest absolute Gasteiger partial charge is 0.396 e. The quantitative estimate of drug-likeness (QED) is 0.335. The maximum absolute atomic E-state index is 13.7. The highest BCUT2D eigenvalue weighted by atomic mass is 19.1. The van der Waals surface area contributed by atoms with Gasteiger partial charge in [0.15, 0.2) is 0 Å². The molecule has 0 saturated heterocycles. The summed E-state index contributed by atoms with van der Waals surface area (Å²) in [5.74, 6) is 0.0724. The fraction of sp³-hybridized carbons (Fsp3) is 0.739. The van der Waals surface area contributed by atoms with Crippen LogP contribution in [-0.2, 0) is 11.3 Å². The Balaban J connectivity index is 2.64. The molecule has 0 aliphatic rings. The Kier molecular flexibility index (Phi) is 9.09. The van der Waals surface area contributed by atoms with Gasteiger partial charge < -0.3 is 10.5 Å². The predicted octanol–water partition coefficient (Wildman–Crippen LogP) is 7.12. The van der Waals surface area contributed by atoms with Crippen molar-refractivity contribution in [3.63, 3.8) is 0 Å². The van der Waals surface area contributed by atoms with Crippen LogP contribution in [0.25, 0.3) is 0 Å². The number of ether oxygens (including phenoxy) is 1. The summed E-state index contributed by atoms with van der Waals surface area (Å²) in [6.45, 7) is 13.9. The molecule has 0 amide bonds. The van der Waals surface area contributed by atoms with Crippen molar-refractivity contribution < 1.29 is 9.13 Å². The maximum atomic E-state index is 13.7. The van der Waals surface area contributed by atoms with E-state index in [4.69, 9.17) is 10.5 Å². The molecule has 3 heteroatoms. The van der Waals surface area contributed by atoms with Crippen molar-refractivity contribution in [2.75, 3.05) is 5.73 Å². The third kappa shape index (κ3) is 7.65. The SMILES string of the molecule is CCCCCCCCC(C(C)(C)C)C(C)(C)OCc1ccc(N)c(F)c1. The molecule has 0 aliphatic carbocycles. The van der Waals surface area contributed by atoms with Gasteiger partial charge in [0.05, 0.1) is 17.9 Å². The van der Waals surface area contributed by atoms with Gasteiger partial charge in [-0.15, -0.1) is 0 Å². The Labute approximate surface area is 160 Å². The lowest BCUT2D eigenvalue weighted by molar-refractivity contribution is -0.104. The van der Waals surface area contributed by atoms with Crippen molar-refractivity contribution in [3.05, 3.63) is 29.6 Å². The summed E-state index contributed by atoms with van der Waals surface area (Å²) in [5, 5.41) is 0. The van der Waals surface area contributed by atoms with Crippen molar-refractivity contribution in [2.24, 2.45) is 11.3 Å². The van der Waals surface area contributed by atoms with Crippen LogP contribution in [0.2, 0.25) is 0 Å². The number of rotatable bonds is 11. The molecule has 0 aromatic heterocycles. The molecule has 0 radical (unpaired) electrons. The summed E-state index contributed by atoms with van der Waals surface area (Å²) < 4.78 is 19.9. The first kappa shape index (κ1) is 23.0. The van der Waals surface area contributed by atoms with Crippen LogP contribution >= 0.6 is 0 Å². The molecule has 0 aliphatic heterocycles. The minimum absolute atomic E-state index is 0.166. The molecule has 0 fully saturated rings. The number of hydrogen-bond acceptors (Lipinski definition) is 2. The fourth-order valence-corrected chi connectivity index (χ4v) is 3.98. The van der Waals surface area contributed by atoms with E-state index in [1.54, 1.807) is 6.07 Å². The van der Waals surface area contributed by atoms with E-state index >= 15 is 0 Å². The lowest BCUT2D eigenvalue weighted by Crippen LogP contribution is -2.42. The van der Waals surface area contributed by atoms with Crippen LogP contribution in [-0.4, -0.2) is 5.60 Å². The van der Waals surface area contributed by atoms with E-state index in [1.807, 2.05) is 6.07 Å². The van der Waals surface area contributed by atoms with Crippen molar-refractivity contribution in [1.29, 1.82) is 0 Å². The van der Waals surface area contributed by atoms with Crippen LogP contribution in [0.1, 0.15) is 92.1 Å². The Morgan fingerprint density at radius 3 is 2.19 bits per heavy atom. The second kappa shape index (κ2) is 10.3. The average Bonchev–Trinajstić information content (AvgIpc) is 2.54. The van der Waals surface area contributed by atoms with Gasteiger partial charge in [-0.3, -0.25) is 0 Å². The first-order valence-electron chi connectivity index (χ1n) is 10.3. The van der Waals surface area contributed by atoms with E-state index in [1.165, 1.54) is 51.0 Å². The minimum atomic E-state index is -0.372. The Morgan fingerprint density at radius 2 is 1.62 bits per heavy atom. The molecule has 2 nitrogen and oxygen atoms in total. The standard InChI is InChI=1S/C23H40FNO/c1-7-8-9-10-11-12-13-21(22(2,3)4)23(5,6)26-17-18-14-15-20(25)19(24)16-18/h14-16,21H,7-13,17,25H2,1-6H3. The summed E-state index contributed by atoms with van der Waals surface area (Å²) in [7, 11) is 0. The van der Waals surface area contributed by atoms with Gasteiger partial charge in [0.1, 0.15) is 5.82 Å². The molecule has 1 atom stereocenters. The summed E-state index contributed by atoms with van der Waals surface area (Å²) in [4.78, 5) is 0. The van der Waals surface area contributed by atoms with Crippen LogP contribution in [0.3, 0.4) is 0 Å². The van der Waals surface area contributed by atoms with Crippen molar-refractivity contribution in [2.45, 2.75) is 98.7 Å². The summed E-state index contributed by atoms with van der Waals surface area (Å²) in [5.41, 5.74) is 6.47. The van der Waals surface area contributed by atoms with E-state index in [-0.39, 0.29) is 22.5 Å². The number of unbranched alkanes of at least 4 members (excludes halogenated alkanes) is 5. The number of nitrogen functional groups attached to an aromatic ring is 1. The molecular weight excluding hydrogens is 325 g/mol. The van der Waals surface area contributed by atoms with Gasteiger partial charge in [0, 0.05) is 0 Å². The number of halogens is 1. The summed E-state index contributed by atoms with van der Waals surface area (Å²) in [6, 6.07) is 4.93. The van der Waals surface area contributed by atoms with E-state index < -0.39 is 0 Å². The molecule has 1 unspecified atom stereocenters. The highest BCUT2D eigenvalue weighted by Crippen LogP contribution is 2.41. The monoisotopic (exact) mass is 365 g/mol. The van der Waals surface area contributed by atoms with E-state index in [9.17, 15) is 4.39 Å². The Morgan fingerprint density at radius 1 is 1.00 bits per heavy atom. The van der Waals surface area contributed by atoms with Gasteiger partial charge in [0.25, 0.3) is 0 Å². The van der Waals surface area contributed by atoms with Gasteiger partial charge in [-0.05, 0) is 49.3 Å². The van der Waals surface area contributed by atoms with Crippen LogP contribution in [0.4, 0.5) is 10.1 Å². The highest BCUT2D eigenvalue weighted by Gasteiger charge is 2.38. The van der Waals surface area contributed by atoms with Crippen LogP contribution in [0.5, 0.6) is 0 Å². The second-order valence-electron chi connectivity index (χ2n) is 9.22. The summed E-state index contributed by atoms with van der Waals surface area (Å²) >= 11 is 0. The van der Waals surface area contributed by atoms with Crippen LogP contribution in [0, 0.1) is 17.2 Å². The van der Waals surface area contributed by atoms with Crippen molar-refractivity contribution in [3.8, 4) is 0 Å². The molecule has 0 bridgehead atoms. The molecule has 26 heavy (non-hydrogen) atoms. The van der Waals surface area contributed by atoms with Gasteiger partial charge in [-0.25, -0.2) is 4.39 Å². The number of hydrogen-bond donors (Lipinski definition) is 1. The Hall–Kier alpha value is -1.09. The second-order valence-corrected chi connectivity index (χ2v) is 9.22. The van der Waals surface area contributed by atoms with Gasteiger partial charge in [-0.2, -0.15) is 0 Å². The van der Waals surface area contributed by atoms with Gasteiger partial charge >= 0.3 is 0 Å². The summed E-state index contributed by atoms with van der Waals surface area (Å²) in [6.07, 6.45) is 9.02. The number of anilines is 1. The lowest BCUT2D eigenvalue weighted by atomic mass is 9.69. The smallest absolute Gasteiger partial charge is 0.146 e. The third-order valence-corrected chi connectivity index (χ3v) is 5.41. The fourth-order valence-electron chi connectivity index (χ4n) is 3.98. The maximum Gasteiger partial charge on any atom is 0.146 e. The topological polar surface area (TPSA) is 35.2 Å². The molecule has 0 spiro atoms. The zero-order chi connectivity index (χ0) is 19.8. The van der Waals surface area contributed by atoms with Crippen LogP contribution in [0.15, 0.2) is 18.2 Å². The van der Waals surface area contributed by atoms with E-state index in [0.29, 0.717) is 12.5 Å². The molecule has 2 N–H and O–H groups in total. The van der Waals surface area contributed by atoms with Gasteiger partial charge in [0.2, 0.25) is 0 Å². The predicted molar refractivity (Wildman–Crippen MR) is 111 cm³/mol. The molecule has 1 aromatic carbocycles. The zero-order valence-corrected chi connectivity index (χ0v) is 17.8. The third-order valence-electron chi connectivity index (χ3n) is 5.41. The first-order valence-corrected chi connectivity index (χ1v) is 10.3. The Bertz CT molecular complexity index is 533. The minimum Gasteiger partial charge on any atom is -0.396 e.